The molecule has 1 aromatic heterocycles. The van der Waals surface area contributed by atoms with Crippen LogP contribution in [0, 0.1) is 6.92 Å². The second kappa shape index (κ2) is 6.45. The molecule has 0 unspecified atom stereocenters. The van der Waals surface area contributed by atoms with Gasteiger partial charge in [-0.2, -0.15) is 0 Å². The van der Waals surface area contributed by atoms with Crippen LogP contribution in [0.1, 0.15) is 40.4 Å². The Morgan fingerprint density at radius 1 is 1.38 bits per heavy atom. The van der Waals surface area contributed by atoms with Crippen LogP contribution in [-0.4, -0.2) is 18.2 Å². The number of aromatic carboxylic acids is 1. The van der Waals surface area contributed by atoms with Crippen LogP contribution >= 0.6 is 0 Å². The van der Waals surface area contributed by atoms with Gasteiger partial charge in [0.1, 0.15) is 22.8 Å². The van der Waals surface area contributed by atoms with E-state index in [0.717, 1.165) is 17.1 Å². The van der Waals surface area contributed by atoms with E-state index in [0.29, 0.717) is 12.3 Å². The fraction of sp³-hybridized carbons (Fsp3) is 0.312. The number of carboxylic acids is 1. The van der Waals surface area contributed by atoms with Crippen LogP contribution in [0.2, 0.25) is 0 Å². The van der Waals surface area contributed by atoms with Crippen molar-refractivity contribution in [3.63, 3.8) is 0 Å². The summed E-state index contributed by atoms with van der Waals surface area (Å²) >= 11 is 0. The summed E-state index contributed by atoms with van der Waals surface area (Å²) in [6.07, 6.45) is 0. The van der Waals surface area contributed by atoms with E-state index in [1.54, 1.807) is 12.1 Å². The largest absolute Gasteiger partial charge is 0.496 e. The SMILES string of the molecule is COc1ccc([C@H](C)NCc2ccc(C)o2)cc1C(=O)O. The minimum absolute atomic E-state index is 0.000544. The average molecular weight is 289 g/mol. The first kappa shape index (κ1) is 15.1. The molecule has 1 aromatic carbocycles. The summed E-state index contributed by atoms with van der Waals surface area (Å²) in [5.74, 6) is 1.09. The highest BCUT2D eigenvalue weighted by Crippen LogP contribution is 2.23. The molecule has 2 rings (SSSR count). The number of ether oxygens (including phenoxy) is 1. The van der Waals surface area contributed by atoms with Gasteiger partial charge in [0, 0.05) is 6.04 Å². The molecule has 2 aromatic rings. The van der Waals surface area contributed by atoms with Crippen molar-refractivity contribution in [1.29, 1.82) is 0 Å². The number of carboxylic acid groups (broad SMARTS) is 1. The maximum absolute atomic E-state index is 11.2. The Hall–Kier alpha value is -2.27. The van der Waals surface area contributed by atoms with Gasteiger partial charge in [0.25, 0.3) is 0 Å². The molecule has 0 fully saturated rings. The lowest BCUT2D eigenvalue weighted by atomic mass is 10.0. The number of rotatable bonds is 6. The van der Waals surface area contributed by atoms with Gasteiger partial charge in [0.05, 0.1) is 13.7 Å². The molecule has 0 aliphatic rings. The lowest BCUT2D eigenvalue weighted by molar-refractivity contribution is 0.0693. The number of methoxy groups -OCH3 is 1. The Labute approximate surface area is 123 Å². The standard InChI is InChI=1S/C16H19NO4/c1-10-4-6-13(21-10)9-17-11(2)12-5-7-15(20-3)14(8-12)16(18)19/h4-8,11,17H,9H2,1-3H3,(H,18,19)/t11-/m0/s1. The van der Waals surface area contributed by atoms with E-state index in [-0.39, 0.29) is 11.6 Å². The first-order valence-corrected chi connectivity index (χ1v) is 6.71. The van der Waals surface area contributed by atoms with Crippen LogP contribution in [0.25, 0.3) is 0 Å². The zero-order valence-electron chi connectivity index (χ0n) is 12.3. The van der Waals surface area contributed by atoms with E-state index < -0.39 is 5.97 Å². The molecule has 1 heterocycles. The lowest BCUT2D eigenvalue weighted by Gasteiger charge is -2.15. The summed E-state index contributed by atoms with van der Waals surface area (Å²) < 4.78 is 10.5. The van der Waals surface area contributed by atoms with E-state index in [1.165, 1.54) is 7.11 Å². The summed E-state index contributed by atoms with van der Waals surface area (Å²) in [6.45, 7) is 4.46. The predicted molar refractivity (Wildman–Crippen MR) is 78.7 cm³/mol. The van der Waals surface area contributed by atoms with Crippen molar-refractivity contribution in [3.05, 3.63) is 53.0 Å². The molecule has 21 heavy (non-hydrogen) atoms. The zero-order chi connectivity index (χ0) is 15.4. The zero-order valence-corrected chi connectivity index (χ0v) is 12.3. The molecule has 0 radical (unpaired) electrons. The van der Waals surface area contributed by atoms with Gasteiger partial charge in [-0.05, 0) is 43.7 Å². The molecular formula is C16H19NO4. The molecule has 5 nitrogen and oxygen atoms in total. The van der Waals surface area contributed by atoms with E-state index in [4.69, 9.17) is 9.15 Å². The number of hydrogen-bond acceptors (Lipinski definition) is 4. The van der Waals surface area contributed by atoms with Gasteiger partial charge in [-0.15, -0.1) is 0 Å². The third kappa shape index (κ3) is 3.64. The Morgan fingerprint density at radius 3 is 2.71 bits per heavy atom. The van der Waals surface area contributed by atoms with E-state index in [1.807, 2.05) is 32.0 Å². The van der Waals surface area contributed by atoms with Gasteiger partial charge in [-0.3, -0.25) is 0 Å². The van der Waals surface area contributed by atoms with Crippen LogP contribution in [0.15, 0.2) is 34.7 Å². The molecular weight excluding hydrogens is 270 g/mol. The van der Waals surface area contributed by atoms with Crippen molar-refractivity contribution in [3.8, 4) is 5.75 Å². The highest BCUT2D eigenvalue weighted by Gasteiger charge is 2.14. The third-order valence-corrected chi connectivity index (χ3v) is 3.33. The second-order valence-corrected chi connectivity index (χ2v) is 4.88. The summed E-state index contributed by atoms with van der Waals surface area (Å²) in [6, 6.07) is 9.00. The van der Waals surface area contributed by atoms with Gasteiger partial charge in [-0.25, -0.2) is 4.79 Å². The molecule has 0 aliphatic heterocycles. The second-order valence-electron chi connectivity index (χ2n) is 4.88. The number of aryl methyl sites for hydroxylation is 1. The molecule has 112 valence electrons. The number of benzene rings is 1. The molecule has 0 spiro atoms. The number of nitrogens with one attached hydrogen (secondary N) is 1. The Morgan fingerprint density at radius 2 is 2.14 bits per heavy atom. The monoisotopic (exact) mass is 289 g/mol. The molecule has 0 aliphatic carbocycles. The van der Waals surface area contributed by atoms with Crippen molar-refractivity contribution in [1.82, 2.24) is 5.32 Å². The van der Waals surface area contributed by atoms with Crippen LogP contribution < -0.4 is 10.1 Å². The summed E-state index contributed by atoms with van der Waals surface area (Å²) in [5, 5.41) is 12.5. The molecule has 1 atom stereocenters. The van der Waals surface area contributed by atoms with E-state index >= 15 is 0 Å². The number of furan rings is 1. The van der Waals surface area contributed by atoms with Crippen molar-refractivity contribution in [2.45, 2.75) is 26.4 Å². The number of carbonyl (C=O) groups is 1. The van der Waals surface area contributed by atoms with Gasteiger partial charge >= 0.3 is 5.97 Å². The van der Waals surface area contributed by atoms with Crippen molar-refractivity contribution < 1.29 is 19.1 Å². The van der Waals surface area contributed by atoms with Crippen molar-refractivity contribution in [2.75, 3.05) is 7.11 Å². The van der Waals surface area contributed by atoms with Gasteiger partial charge < -0.3 is 19.6 Å². The fourth-order valence-corrected chi connectivity index (χ4v) is 2.11. The fourth-order valence-electron chi connectivity index (χ4n) is 2.11. The van der Waals surface area contributed by atoms with Crippen LogP contribution in [0.4, 0.5) is 0 Å². The molecule has 2 N–H and O–H groups in total. The first-order valence-electron chi connectivity index (χ1n) is 6.71. The smallest absolute Gasteiger partial charge is 0.339 e. The molecule has 0 amide bonds. The average Bonchev–Trinajstić information content (AvgIpc) is 2.89. The van der Waals surface area contributed by atoms with Crippen LogP contribution in [0.5, 0.6) is 5.75 Å². The van der Waals surface area contributed by atoms with Gasteiger partial charge in [0.15, 0.2) is 0 Å². The molecule has 0 saturated carbocycles. The van der Waals surface area contributed by atoms with Crippen LogP contribution in [0.3, 0.4) is 0 Å². The maximum Gasteiger partial charge on any atom is 0.339 e. The quantitative estimate of drug-likeness (QED) is 0.854. The van der Waals surface area contributed by atoms with E-state index in [9.17, 15) is 9.90 Å². The van der Waals surface area contributed by atoms with Crippen molar-refractivity contribution in [2.24, 2.45) is 0 Å². The Kier molecular flexibility index (Phi) is 4.65. The topological polar surface area (TPSA) is 71.7 Å². The summed E-state index contributed by atoms with van der Waals surface area (Å²) in [4.78, 5) is 11.2. The lowest BCUT2D eigenvalue weighted by Crippen LogP contribution is -2.18. The van der Waals surface area contributed by atoms with Crippen LogP contribution in [-0.2, 0) is 6.54 Å². The summed E-state index contributed by atoms with van der Waals surface area (Å²) in [7, 11) is 1.46. The normalized spacial score (nSPS) is 12.1. The maximum atomic E-state index is 11.2. The predicted octanol–water partition coefficient (Wildman–Crippen LogP) is 3.15. The van der Waals surface area contributed by atoms with Gasteiger partial charge in [-0.1, -0.05) is 6.07 Å². The highest BCUT2D eigenvalue weighted by atomic mass is 16.5. The van der Waals surface area contributed by atoms with Crippen molar-refractivity contribution >= 4 is 5.97 Å². The minimum atomic E-state index is -0.998. The van der Waals surface area contributed by atoms with E-state index in [2.05, 4.69) is 5.32 Å². The molecule has 0 bridgehead atoms. The van der Waals surface area contributed by atoms with Gasteiger partial charge in [0.2, 0.25) is 0 Å². The number of hydrogen-bond donors (Lipinski definition) is 2. The molecule has 5 heteroatoms. The first-order chi connectivity index (χ1) is 10.0. The Bertz CT molecular complexity index is 633. The Balaban J connectivity index is 2.10. The molecule has 0 saturated heterocycles. The summed E-state index contributed by atoms with van der Waals surface area (Å²) in [5.41, 5.74) is 1.05. The minimum Gasteiger partial charge on any atom is -0.496 e. The highest BCUT2D eigenvalue weighted by molar-refractivity contribution is 5.91. The third-order valence-electron chi connectivity index (χ3n) is 3.33.